The highest BCUT2D eigenvalue weighted by Crippen LogP contribution is 2.30. The molecule has 2 atom stereocenters. The van der Waals surface area contributed by atoms with Gasteiger partial charge in [0.2, 0.25) is 11.8 Å². The molecule has 2 aromatic rings. The van der Waals surface area contributed by atoms with Crippen molar-refractivity contribution in [2.45, 2.75) is 38.8 Å². The number of carbonyl (C=O) groups is 2. The SMILES string of the molecule is O=C(C1CC=CCC1C(=O)N(Cc1ccccc1)Cc1ccccc1)N(CCCO)CCCO. The molecule has 0 bridgehead atoms. The van der Waals surface area contributed by atoms with Crippen LogP contribution in [0.4, 0.5) is 0 Å². The first-order valence-corrected chi connectivity index (χ1v) is 12.2. The van der Waals surface area contributed by atoms with Gasteiger partial charge in [-0.1, -0.05) is 72.8 Å². The lowest BCUT2D eigenvalue weighted by Crippen LogP contribution is -2.46. The van der Waals surface area contributed by atoms with Crippen LogP contribution in [0.5, 0.6) is 0 Å². The molecule has 2 N–H and O–H groups in total. The summed E-state index contributed by atoms with van der Waals surface area (Å²) in [6.07, 6.45) is 6.00. The number of aliphatic hydroxyl groups excluding tert-OH is 2. The Morgan fingerprint density at radius 3 is 1.50 bits per heavy atom. The number of allylic oxidation sites excluding steroid dienone is 2. The quantitative estimate of drug-likeness (QED) is 0.472. The molecule has 0 radical (unpaired) electrons. The third kappa shape index (κ3) is 7.27. The number of amides is 2. The number of hydrogen-bond acceptors (Lipinski definition) is 4. The molecule has 0 heterocycles. The first-order valence-electron chi connectivity index (χ1n) is 12.2. The molecule has 0 aromatic heterocycles. The van der Waals surface area contributed by atoms with Crippen LogP contribution in [0.3, 0.4) is 0 Å². The molecule has 2 amide bonds. The monoisotopic (exact) mass is 464 g/mol. The molecule has 6 heteroatoms. The lowest BCUT2D eigenvalue weighted by Gasteiger charge is -2.35. The number of carbonyl (C=O) groups excluding carboxylic acids is 2. The average molecular weight is 465 g/mol. The summed E-state index contributed by atoms with van der Waals surface area (Å²) in [5.74, 6) is -0.955. The maximum atomic E-state index is 13.9. The van der Waals surface area contributed by atoms with Gasteiger partial charge in [-0.15, -0.1) is 0 Å². The topological polar surface area (TPSA) is 81.1 Å². The van der Waals surface area contributed by atoms with Gasteiger partial charge < -0.3 is 20.0 Å². The summed E-state index contributed by atoms with van der Waals surface area (Å²) in [6, 6.07) is 19.8. The molecule has 1 aliphatic carbocycles. The van der Waals surface area contributed by atoms with E-state index < -0.39 is 11.8 Å². The molecule has 1 aliphatic rings. The Kier molecular flexibility index (Phi) is 10.3. The molecule has 182 valence electrons. The lowest BCUT2D eigenvalue weighted by molar-refractivity contribution is -0.147. The first kappa shape index (κ1) is 25.7. The first-order chi connectivity index (χ1) is 16.6. The van der Waals surface area contributed by atoms with E-state index in [9.17, 15) is 19.8 Å². The maximum Gasteiger partial charge on any atom is 0.227 e. The molecule has 0 spiro atoms. The lowest BCUT2D eigenvalue weighted by atomic mass is 9.80. The van der Waals surface area contributed by atoms with Gasteiger partial charge in [0.1, 0.15) is 0 Å². The van der Waals surface area contributed by atoms with Gasteiger partial charge in [0.05, 0.1) is 11.8 Å². The molecule has 3 rings (SSSR count). The maximum absolute atomic E-state index is 13.9. The van der Waals surface area contributed by atoms with E-state index in [1.54, 1.807) is 4.90 Å². The Bertz CT molecular complexity index is 867. The number of rotatable bonds is 12. The van der Waals surface area contributed by atoms with E-state index in [4.69, 9.17) is 0 Å². The highest BCUT2D eigenvalue weighted by molar-refractivity contribution is 5.88. The van der Waals surface area contributed by atoms with Crippen LogP contribution in [0.1, 0.15) is 36.8 Å². The van der Waals surface area contributed by atoms with Crippen LogP contribution in [0, 0.1) is 11.8 Å². The molecule has 34 heavy (non-hydrogen) atoms. The Morgan fingerprint density at radius 2 is 1.09 bits per heavy atom. The van der Waals surface area contributed by atoms with E-state index in [1.807, 2.05) is 77.7 Å². The molecule has 0 fully saturated rings. The van der Waals surface area contributed by atoms with Crippen molar-refractivity contribution >= 4 is 11.8 Å². The van der Waals surface area contributed by atoms with Gasteiger partial charge in [-0.2, -0.15) is 0 Å². The van der Waals surface area contributed by atoms with Crippen molar-refractivity contribution < 1.29 is 19.8 Å². The van der Waals surface area contributed by atoms with Crippen LogP contribution in [-0.4, -0.2) is 58.1 Å². The average Bonchev–Trinajstić information content (AvgIpc) is 2.89. The van der Waals surface area contributed by atoms with Crippen molar-refractivity contribution in [2.24, 2.45) is 11.8 Å². The van der Waals surface area contributed by atoms with E-state index in [-0.39, 0.29) is 25.0 Å². The van der Waals surface area contributed by atoms with E-state index in [0.29, 0.717) is 51.9 Å². The highest BCUT2D eigenvalue weighted by atomic mass is 16.3. The Morgan fingerprint density at radius 1 is 0.676 bits per heavy atom. The fourth-order valence-electron chi connectivity index (χ4n) is 4.50. The van der Waals surface area contributed by atoms with Crippen LogP contribution >= 0.6 is 0 Å². The highest BCUT2D eigenvalue weighted by Gasteiger charge is 2.38. The van der Waals surface area contributed by atoms with Crippen molar-refractivity contribution in [1.29, 1.82) is 0 Å². The fraction of sp³-hybridized carbons (Fsp3) is 0.429. The second-order valence-electron chi connectivity index (χ2n) is 8.80. The Hall–Kier alpha value is -2.96. The van der Waals surface area contributed by atoms with Crippen LogP contribution < -0.4 is 0 Å². The normalized spacial score (nSPS) is 17.4. The molecular weight excluding hydrogens is 428 g/mol. The Balaban J connectivity index is 1.83. The van der Waals surface area contributed by atoms with E-state index in [1.165, 1.54) is 0 Å². The third-order valence-corrected chi connectivity index (χ3v) is 6.29. The second-order valence-corrected chi connectivity index (χ2v) is 8.80. The van der Waals surface area contributed by atoms with Gasteiger partial charge in [-0.05, 0) is 36.8 Å². The summed E-state index contributed by atoms with van der Waals surface area (Å²) in [5, 5.41) is 18.5. The second kappa shape index (κ2) is 13.7. The summed E-state index contributed by atoms with van der Waals surface area (Å²) in [6.45, 7) is 1.81. The van der Waals surface area contributed by atoms with E-state index in [2.05, 4.69) is 0 Å². The minimum atomic E-state index is -0.441. The third-order valence-electron chi connectivity index (χ3n) is 6.29. The molecular formula is C28H36N2O4. The van der Waals surface area contributed by atoms with Crippen LogP contribution in [-0.2, 0) is 22.7 Å². The summed E-state index contributed by atoms with van der Waals surface area (Å²) in [5.41, 5.74) is 2.10. The van der Waals surface area contributed by atoms with Gasteiger partial charge in [0.15, 0.2) is 0 Å². The molecule has 6 nitrogen and oxygen atoms in total. The van der Waals surface area contributed by atoms with Crippen LogP contribution in [0.25, 0.3) is 0 Å². The van der Waals surface area contributed by atoms with Crippen molar-refractivity contribution in [3.8, 4) is 0 Å². The van der Waals surface area contributed by atoms with Crippen molar-refractivity contribution in [3.63, 3.8) is 0 Å². The predicted octanol–water partition coefficient (Wildman–Crippen LogP) is 3.39. The van der Waals surface area contributed by atoms with Gasteiger partial charge >= 0.3 is 0 Å². The number of nitrogens with zero attached hydrogens (tertiary/aromatic N) is 2. The molecule has 0 saturated heterocycles. The minimum absolute atomic E-state index is 0.00222. The predicted molar refractivity (Wildman–Crippen MR) is 132 cm³/mol. The molecule has 2 aromatic carbocycles. The zero-order chi connectivity index (χ0) is 24.2. The molecule has 2 unspecified atom stereocenters. The van der Waals surface area contributed by atoms with Gasteiger partial charge in [0.25, 0.3) is 0 Å². The summed E-state index contributed by atoms with van der Waals surface area (Å²) >= 11 is 0. The van der Waals surface area contributed by atoms with Crippen LogP contribution in [0.2, 0.25) is 0 Å². The Labute approximate surface area is 202 Å². The summed E-state index contributed by atoms with van der Waals surface area (Å²) in [7, 11) is 0. The van der Waals surface area contributed by atoms with Crippen LogP contribution in [0.15, 0.2) is 72.8 Å². The summed E-state index contributed by atoms with van der Waals surface area (Å²) < 4.78 is 0. The number of benzene rings is 2. The largest absolute Gasteiger partial charge is 0.396 e. The summed E-state index contributed by atoms with van der Waals surface area (Å²) in [4.78, 5) is 31.0. The zero-order valence-corrected chi connectivity index (χ0v) is 19.8. The van der Waals surface area contributed by atoms with E-state index in [0.717, 1.165) is 11.1 Å². The molecule has 0 aliphatic heterocycles. The van der Waals surface area contributed by atoms with Gasteiger partial charge in [0, 0.05) is 39.4 Å². The number of hydrogen-bond donors (Lipinski definition) is 2. The number of aliphatic hydroxyl groups is 2. The van der Waals surface area contributed by atoms with Crippen molar-refractivity contribution in [2.75, 3.05) is 26.3 Å². The minimum Gasteiger partial charge on any atom is -0.396 e. The van der Waals surface area contributed by atoms with Gasteiger partial charge in [-0.3, -0.25) is 9.59 Å². The standard InChI is InChI=1S/C28H36N2O4/c31-19-9-17-29(18-10-20-32)27(33)25-15-7-8-16-26(25)28(34)30(21-23-11-3-1-4-12-23)22-24-13-5-2-6-14-24/h1-8,11-14,25-26,31-32H,9-10,15-22H2. The van der Waals surface area contributed by atoms with E-state index >= 15 is 0 Å². The van der Waals surface area contributed by atoms with Crippen molar-refractivity contribution in [3.05, 3.63) is 83.9 Å². The fourth-order valence-corrected chi connectivity index (χ4v) is 4.50. The zero-order valence-electron chi connectivity index (χ0n) is 19.8. The molecule has 0 saturated carbocycles. The smallest absolute Gasteiger partial charge is 0.227 e. The van der Waals surface area contributed by atoms with Crippen molar-refractivity contribution in [1.82, 2.24) is 9.80 Å². The van der Waals surface area contributed by atoms with Gasteiger partial charge in [-0.25, -0.2) is 0 Å².